The number of benzene rings is 1. The van der Waals surface area contributed by atoms with E-state index in [4.69, 9.17) is 9.47 Å². The Hall–Kier alpha value is -3.16. The number of rotatable bonds is 5. The Labute approximate surface area is 163 Å². The van der Waals surface area contributed by atoms with Crippen molar-refractivity contribution in [2.45, 2.75) is 19.8 Å². The van der Waals surface area contributed by atoms with E-state index in [0.29, 0.717) is 11.5 Å². The summed E-state index contributed by atoms with van der Waals surface area (Å²) in [4.78, 5) is 14.2. The van der Waals surface area contributed by atoms with Crippen molar-refractivity contribution < 1.29 is 14.3 Å². The number of fused-ring (bicyclic) bond motifs is 1. The number of esters is 1. The fourth-order valence-corrected chi connectivity index (χ4v) is 3.88. The maximum Gasteiger partial charge on any atom is 0.337 e. The lowest BCUT2D eigenvalue weighted by Crippen LogP contribution is -2.21. The molecule has 0 aliphatic carbocycles. The summed E-state index contributed by atoms with van der Waals surface area (Å²) in [6, 6.07) is 7.50. The highest BCUT2D eigenvalue weighted by atomic mass is 16.5. The average Bonchev–Trinajstić information content (AvgIpc) is 3.36. The first-order valence-electron chi connectivity index (χ1n) is 9.27. The number of hydrogen-bond acceptors (Lipinski definition) is 7. The standard InChI is InChI=1S/C20H23N5O3/c1-13-8-17(19-22-21-12-25(19)23-13)24-7-6-14(11-24)9-16-10-15(20(26)28-3)4-5-18(16)27-2/h4-5,8,10,12,14H,6-7,9,11H2,1-3H3. The summed E-state index contributed by atoms with van der Waals surface area (Å²) >= 11 is 0. The zero-order chi connectivity index (χ0) is 19.7. The maximum absolute atomic E-state index is 11.9. The number of carbonyl (C=O) groups is 1. The molecular weight excluding hydrogens is 358 g/mol. The number of anilines is 1. The van der Waals surface area contributed by atoms with Gasteiger partial charge in [0.05, 0.1) is 31.2 Å². The topological polar surface area (TPSA) is 81.9 Å². The van der Waals surface area contributed by atoms with E-state index in [1.54, 1.807) is 24.0 Å². The highest BCUT2D eigenvalue weighted by Crippen LogP contribution is 2.31. The first-order valence-corrected chi connectivity index (χ1v) is 9.27. The third-order valence-electron chi connectivity index (χ3n) is 5.21. The van der Waals surface area contributed by atoms with Crippen LogP contribution in [0.5, 0.6) is 5.75 Å². The van der Waals surface area contributed by atoms with Crippen LogP contribution in [0.4, 0.5) is 5.69 Å². The summed E-state index contributed by atoms with van der Waals surface area (Å²) in [5.74, 6) is 0.905. The molecule has 2 aromatic heterocycles. The van der Waals surface area contributed by atoms with Crippen molar-refractivity contribution in [2.75, 3.05) is 32.2 Å². The minimum atomic E-state index is -0.335. The largest absolute Gasteiger partial charge is 0.496 e. The Balaban J connectivity index is 1.55. The van der Waals surface area contributed by atoms with Gasteiger partial charge in [0.15, 0.2) is 0 Å². The first kappa shape index (κ1) is 18.2. The third-order valence-corrected chi connectivity index (χ3v) is 5.21. The summed E-state index contributed by atoms with van der Waals surface area (Å²) < 4.78 is 12.1. The summed E-state index contributed by atoms with van der Waals surface area (Å²) in [5.41, 5.74) is 4.33. The molecule has 0 saturated carbocycles. The highest BCUT2D eigenvalue weighted by molar-refractivity contribution is 5.89. The number of aryl methyl sites for hydroxylation is 1. The molecule has 1 aliphatic rings. The van der Waals surface area contributed by atoms with Crippen LogP contribution in [0.2, 0.25) is 0 Å². The minimum Gasteiger partial charge on any atom is -0.496 e. The Kier molecular flexibility index (Phi) is 4.85. The second-order valence-electron chi connectivity index (χ2n) is 7.09. The molecule has 3 aromatic rings. The van der Waals surface area contributed by atoms with Crippen LogP contribution in [0.25, 0.3) is 5.65 Å². The molecule has 0 amide bonds. The van der Waals surface area contributed by atoms with Gasteiger partial charge in [-0.3, -0.25) is 0 Å². The Morgan fingerprint density at radius 3 is 2.93 bits per heavy atom. The monoisotopic (exact) mass is 381 g/mol. The molecule has 8 heteroatoms. The zero-order valence-electron chi connectivity index (χ0n) is 16.3. The van der Waals surface area contributed by atoms with Crippen molar-refractivity contribution in [3.8, 4) is 5.75 Å². The van der Waals surface area contributed by atoms with Crippen molar-refractivity contribution in [2.24, 2.45) is 5.92 Å². The number of ether oxygens (including phenoxy) is 2. The Bertz CT molecular complexity index is 1020. The van der Waals surface area contributed by atoms with Gasteiger partial charge in [0.25, 0.3) is 0 Å². The molecule has 3 heterocycles. The molecule has 1 aliphatic heterocycles. The molecule has 0 radical (unpaired) electrons. The van der Waals surface area contributed by atoms with E-state index in [9.17, 15) is 4.79 Å². The van der Waals surface area contributed by atoms with E-state index < -0.39 is 0 Å². The Morgan fingerprint density at radius 2 is 2.14 bits per heavy atom. The van der Waals surface area contributed by atoms with Crippen molar-refractivity contribution in [3.05, 3.63) is 47.4 Å². The molecule has 4 rings (SSSR count). The van der Waals surface area contributed by atoms with Crippen LogP contribution < -0.4 is 9.64 Å². The van der Waals surface area contributed by atoms with Crippen molar-refractivity contribution >= 4 is 17.3 Å². The average molecular weight is 381 g/mol. The van der Waals surface area contributed by atoms with Crippen LogP contribution in [-0.2, 0) is 11.2 Å². The van der Waals surface area contributed by atoms with Gasteiger partial charge in [-0.15, -0.1) is 10.2 Å². The minimum absolute atomic E-state index is 0.335. The second-order valence-corrected chi connectivity index (χ2v) is 7.09. The van der Waals surface area contributed by atoms with Crippen molar-refractivity contribution in [3.63, 3.8) is 0 Å². The first-order chi connectivity index (χ1) is 13.6. The van der Waals surface area contributed by atoms with E-state index in [1.807, 2.05) is 19.1 Å². The number of nitrogens with zero attached hydrogens (tertiary/aromatic N) is 5. The quantitative estimate of drug-likeness (QED) is 0.627. The molecule has 1 atom stereocenters. The fourth-order valence-electron chi connectivity index (χ4n) is 3.88. The normalized spacial score (nSPS) is 16.5. The van der Waals surface area contributed by atoms with Crippen molar-refractivity contribution in [1.82, 2.24) is 19.8 Å². The smallest absolute Gasteiger partial charge is 0.337 e. The van der Waals surface area contributed by atoms with E-state index in [-0.39, 0.29) is 5.97 Å². The van der Waals surface area contributed by atoms with Gasteiger partial charge in [-0.1, -0.05) is 0 Å². The molecular formula is C20H23N5O3. The van der Waals surface area contributed by atoms with Gasteiger partial charge in [0, 0.05) is 13.1 Å². The molecule has 1 saturated heterocycles. The van der Waals surface area contributed by atoms with E-state index in [2.05, 4.69) is 26.3 Å². The molecule has 1 aromatic carbocycles. The van der Waals surface area contributed by atoms with Gasteiger partial charge >= 0.3 is 5.97 Å². The van der Waals surface area contributed by atoms with Gasteiger partial charge in [0.2, 0.25) is 5.65 Å². The Morgan fingerprint density at radius 1 is 1.29 bits per heavy atom. The van der Waals surface area contributed by atoms with Crippen LogP contribution in [0.3, 0.4) is 0 Å². The van der Waals surface area contributed by atoms with Crippen LogP contribution in [0.1, 0.15) is 28.0 Å². The lowest BCUT2D eigenvalue weighted by molar-refractivity contribution is 0.0600. The zero-order valence-corrected chi connectivity index (χ0v) is 16.3. The van der Waals surface area contributed by atoms with E-state index in [0.717, 1.165) is 54.3 Å². The van der Waals surface area contributed by atoms with Gasteiger partial charge in [-0.2, -0.15) is 9.61 Å². The SMILES string of the molecule is COC(=O)c1ccc(OC)c(CC2CCN(c3cc(C)nn4cnnc34)C2)c1. The number of aromatic nitrogens is 4. The molecule has 1 unspecified atom stereocenters. The van der Waals surface area contributed by atoms with Crippen LogP contribution in [-0.4, -0.2) is 53.1 Å². The lowest BCUT2D eigenvalue weighted by Gasteiger charge is -2.20. The van der Waals surface area contributed by atoms with Gasteiger partial charge < -0.3 is 14.4 Å². The molecule has 0 bridgehead atoms. The summed E-state index contributed by atoms with van der Waals surface area (Å²) in [6.45, 7) is 3.81. The lowest BCUT2D eigenvalue weighted by atomic mass is 9.96. The summed E-state index contributed by atoms with van der Waals surface area (Å²) in [5, 5.41) is 12.6. The number of hydrogen-bond donors (Lipinski definition) is 0. The van der Waals surface area contributed by atoms with Gasteiger partial charge in [0.1, 0.15) is 12.1 Å². The summed E-state index contributed by atoms with van der Waals surface area (Å²) in [6.07, 6.45) is 3.51. The van der Waals surface area contributed by atoms with Crippen LogP contribution in [0.15, 0.2) is 30.6 Å². The van der Waals surface area contributed by atoms with Gasteiger partial charge in [-0.25, -0.2) is 4.79 Å². The number of methoxy groups -OCH3 is 2. The number of carbonyl (C=O) groups excluding carboxylic acids is 1. The molecule has 146 valence electrons. The predicted octanol–water partition coefficient (Wildman–Crippen LogP) is 2.30. The second kappa shape index (κ2) is 7.46. The van der Waals surface area contributed by atoms with E-state index >= 15 is 0 Å². The fraction of sp³-hybridized carbons (Fsp3) is 0.400. The highest BCUT2D eigenvalue weighted by Gasteiger charge is 2.26. The third kappa shape index (κ3) is 3.37. The molecule has 0 spiro atoms. The molecule has 28 heavy (non-hydrogen) atoms. The van der Waals surface area contributed by atoms with Gasteiger partial charge in [-0.05, 0) is 55.5 Å². The van der Waals surface area contributed by atoms with Crippen LogP contribution in [0, 0.1) is 12.8 Å². The maximum atomic E-state index is 11.9. The van der Waals surface area contributed by atoms with E-state index in [1.165, 1.54) is 7.11 Å². The summed E-state index contributed by atoms with van der Waals surface area (Å²) in [7, 11) is 3.04. The van der Waals surface area contributed by atoms with Crippen molar-refractivity contribution in [1.29, 1.82) is 0 Å². The molecule has 8 nitrogen and oxygen atoms in total. The molecule has 0 N–H and O–H groups in total. The van der Waals surface area contributed by atoms with Crippen LogP contribution >= 0.6 is 0 Å². The molecule has 1 fully saturated rings. The predicted molar refractivity (Wildman–Crippen MR) is 104 cm³/mol.